The molecule has 0 bridgehead atoms. The lowest BCUT2D eigenvalue weighted by Crippen LogP contribution is -2.60. The smallest absolute Gasteiger partial charge is 0.460 e. The van der Waals surface area contributed by atoms with E-state index in [2.05, 4.69) is 59.0 Å². The minimum absolute atomic E-state index is 0.190. The summed E-state index contributed by atoms with van der Waals surface area (Å²) in [5.74, 6) is -1.39. The normalized spacial score (nSPS) is 12.3. The number of rotatable bonds is 30. The third kappa shape index (κ3) is 25.9. The Morgan fingerprint density at radius 1 is 0.447 bits per heavy atom. The Morgan fingerprint density at radius 3 is 0.936 bits per heavy atom. The number of esters is 3. The lowest BCUT2D eigenvalue weighted by Gasteiger charge is -2.43. The Labute approximate surface area is 286 Å². The van der Waals surface area contributed by atoms with Gasteiger partial charge in [-0.25, -0.2) is 14.4 Å². The van der Waals surface area contributed by atoms with E-state index < -0.39 is 51.7 Å². The van der Waals surface area contributed by atoms with Crippen LogP contribution in [-0.4, -0.2) is 111 Å². The van der Waals surface area contributed by atoms with Crippen molar-refractivity contribution in [2.75, 3.05) is 59.5 Å². The molecule has 0 aliphatic heterocycles. The molecule has 0 spiro atoms. The van der Waals surface area contributed by atoms with Crippen molar-refractivity contribution in [2.24, 2.45) is 0 Å². The molecule has 0 N–H and O–H groups in total. The van der Waals surface area contributed by atoms with Crippen molar-refractivity contribution in [3.8, 4) is 0 Å². The van der Waals surface area contributed by atoms with Gasteiger partial charge >= 0.3 is 26.7 Å². The van der Waals surface area contributed by atoms with Crippen molar-refractivity contribution in [3.05, 3.63) is 38.0 Å². The van der Waals surface area contributed by atoms with Crippen LogP contribution in [0.4, 0.5) is 0 Å². The fraction of sp³-hybridized carbons (Fsp3) is 0.710. The Kier molecular flexibility index (Phi) is 23.5. The maximum absolute atomic E-state index is 11.2. The van der Waals surface area contributed by atoms with E-state index in [0.717, 1.165) is 55.6 Å². The zero-order valence-electron chi connectivity index (χ0n) is 29.9. The molecule has 0 fully saturated rings. The van der Waals surface area contributed by atoms with E-state index in [9.17, 15) is 14.4 Å². The molecule has 16 heteroatoms. The quantitative estimate of drug-likeness (QED) is 0.0298. The molecule has 272 valence electrons. The minimum Gasteiger partial charge on any atom is -0.460 e. The standard InChI is InChI=1S/C31H60O12Si4/c1-11-29(32)38-23-20-35-17-14-26-44(4,5)41-47(10,42-45(6,7)27-15-18-36-21-24-39-30(33)12-2)43-46(8,9)28-16-19-37-22-25-40-31(34)13-3/h11-13H,1-3,14-28H2,4-10H3. The molecule has 0 aromatic carbocycles. The van der Waals surface area contributed by atoms with E-state index in [4.69, 9.17) is 40.8 Å². The van der Waals surface area contributed by atoms with E-state index in [-0.39, 0.29) is 19.8 Å². The van der Waals surface area contributed by atoms with Crippen molar-refractivity contribution in [3.63, 3.8) is 0 Å². The van der Waals surface area contributed by atoms with E-state index in [1.54, 1.807) is 0 Å². The van der Waals surface area contributed by atoms with Crippen LogP contribution in [0, 0.1) is 0 Å². The van der Waals surface area contributed by atoms with Crippen molar-refractivity contribution in [2.45, 2.75) is 83.2 Å². The third-order valence-electron chi connectivity index (χ3n) is 6.50. The lowest BCUT2D eigenvalue weighted by molar-refractivity contribution is -0.140. The van der Waals surface area contributed by atoms with Crippen molar-refractivity contribution < 1.29 is 55.2 Å². The summed E-state index contributed by atoms with van der Waals surface area (Å²) in [6.07, 6.45) is 5.81. The summed E-state index contributed by atoms with van der Waals surface area (Å²) in [6, 6.07) is 2.56. The maximum atomic E-state index is 11.2. The Balaban J connectivity index is 5.17. The minimum atomic E-state index is -3.09. The van der Waals surface area contributed by atoms with Crippen LogP contribution in [0.2, 0.25) is 64.0 Å². The van der Waals surface area contributed by atoms with E-state index >= 15 is 0 Å². The molecule has 12 nitrogen and oxygen atoms in total. The summed E-state index contributed by atoms with van der Waals surface area (Å²) in [5.41, 5.74) is 0. The highest BCUT2D eigenvalue weighted by atomic mass is 28.5. The zero-order chi connectivity index (χ0) is 35.8. The van der Waals surface area contributed by atoms with Crippen LogP contribution in [0.1, 0.15) is 19.3 Å². The Bertz CT molecular complexity index is 842. The van der Waals surface area contributed by atoms with Crippen LogP contribution in [0.25, 0.3) is 0 Å². The second kappa shape index (κ2) is 24.4. The number of carbonyl (C=O) groups is 3. The van der Waals surface area contributed by atoms with Crippen LogP contribution in [0.3, 0.4) is 0 Å². The Morgan fingerprint density at radius 2 is 0.702 bits per heavy atom. The van der Waals surface area contributed by atoms with Gasteiger partial charge in [0.1, 0.15) is 19.8 Å². The van der Waals surface area contributed by atoms with Gasteiger partial charge in [-0.05, 0) is 76.7 Å². The first-order chi connectivity index (χ1) is 22.0. The molecule has 0 rings (SSSR count). The fourth-order valence-electron chi connectivity index (χ4n) is 4.61. The van der Waals surface area contributed by atoms with Gasteiger partial charge in [0.15, 0.2) is 25.0 Å². The SMILES string of the molecule is C=CC(=O)OCCOCCC[Si](C)(C)O[Si](C)(O[Si](C)(C)CCCOCCOC(=O)C=C)O[Si](C)(C)CCCOCCOC(=O)C=C. The third-order valence-corrected chi connectivity index (χ3v) is 22.3. The highest BCUT2D eigenvalue weighted by Crippen LogP contribution is 2.31. The number of carbonyl (C=O) groups excluding carboxylic acids is 3. The fourth-order valence-corrected chi connectivity index (χ4v) is 22.5. The summed E-state index contributed by atoms with van der Waals surface area (Å²) in [6.45, 7) is 28.4. The summed E-state index contributed by atoms with van der Waals surface area (Å²) < 4.78 is 52.6. The number of hydrogen-bond acceptors (Lipinski definition) is 12. The Hall–Kier alpha value is -1.74. The van der Waals surface area contributed by atoms with Crippen molar-refractivity contribution in [1.29, 1.82) is 0 Å². The van der Waals surface area contributed by atoms with Crippen LogP contribution in [-0.2, 0) is 55.2 Å². The van der Waals surface area contributed by atoms with Gasteiger partial charge < -0.3 is 40.8 Å². The molecule has 0 aromatic heterocycles. The van der Waals surface area contributed by atoms with Crippen LogP contribution in [0.15, 0.2) is 38.0 Å². The van der Waals surface area contributed by atoms with Crippen LogP contribution < -0.4 is 0 Å². The summed E-state index contributed by atoms with van der Waals surface area (Å²) in [5, 5.41) is 0. The van der Waals surface area contributed by atoms with Gasteiger partial charge in [-0.1, -0.05) is 19.7 Å². The summed E-state index contributed by atoms with van der Waals surface area (Å²) in [7, 11) is -9.78. The molecule has 0 aromatic rings. The first kappa shape index (κ1) is 45.3. The number of ether oxygens (including phenoxy) is 6. The average molecular weight is 737 g/mol. The molecule has 0 amide bonds. The molecule has 0 heterocycles. The molecule has 0 radical (unpaired) electrons. The van der Waals surface area contributed by atoms with Crippen molar-refractivity contribution >= 4 is 51.7 Å². The highest BCUT2D eigenvalue weighted by Gasteiger charge is 2.48. The van der Waals surface area contributed by atoms with E-state index in [0.29, 0.717) is 39.6 Å². The van der Waals surface area contributed by atoms with Crippen molar-refractivity contribution in [1.82, 2.24) is 0 Å². The largest absolute Gasteiger partial charge is 0.466 e. The van der Waals surface area contributed by atoms with E-state index in [1.165, 1.54) is 0 Å². The second-order valence-electron chi connectivity index (χ2n) is 12.7. The van der Waals surface area contributed by atoms with Gasteiger partial charge in [-0.15, -0.1) is 0 Å². The number of hydrogen-bond donors (Lipinski definition) is 0. The summed E-state index contributed by atoms with van der Waals surface area (Å²) in [4.78, 5) is 33.5. The molecule has 0 saturated heterocycles. The summed E-state index contributed by atoms with van der Waals surface area (Å²) >= 11 is 0. The zero-order valence-corrected chi connectivity index (χ0v) is 33.9. The average Bonchev–Trinajstić information content (AvgIpc) is 2.97. The first-order valence-corrected chi connectivity index (χ1v) is 27.8. The van der Waals surface area contributed by atoms with Gasteiger partial charge in [-0.3, -0.25) is 0 Å². The first-order valence-electron chi connectivity index (χ1n) is 16.2. The van der Waals surface area contributed by atoms with Gasteiger partial charge in [-0.2, -0.15) is 0 Å². The predicted molar refractivity (Wildman–Crippen MR) is 192 cm³/mol. The molecule has 0 aliphatic rings. The lowest BCUT2D eigenvalue weighted by atomic mass is 10.5. The molecule has 0 saturated carbocycles. The monoisotopic (exact) mass is 736 g/mol. The van der Waals surface area contributed by atoms with E-state index in [1.807, 2.05) is 6.55 Å². The second-order valence-corrected chi connectivity index (χ2v) is 28.9. The molecule has 47 heavy (non-hydrogen) atoms. The van der Waals surface area contributed by atoms with Gasteiger partial charge in [0.05, 0.1) is 19.8 Å². The van der Waals surface area contributed by atoms with Gasteiger partial charge in [0, 0.05) is 44.6 Å². The van der Waals surface area contributed by atoms with Crippen LogP contribution in [0.5, 0.6) is 0 Å². The predicted octanol–water partition coefficient (Wildman–Crippen LogP) is 5.63. The highest BCUT2D eigenvalue weighted by molar-refractivity contribution is 6.90. The topological polar surface area (TPSA) is 134 Å². The molecular formula is C31H60O12Si4. The molecule has 0 aliphatic carbocycles. The van der Waals surface area contributed by atoms with Gasteiger partial charge in [0.2, 0.25) is 0 Å². The maximum Gasteiger partial charge on any atom is 0.466 e. The molecule has 0 unspecified atom stereocenters. The molecule has 0 atom stereocenters. The molecular weight excluding hydrogens is 677 g/mol. The van der Waals surface area contributed by atoms with Gasteiger partial charge in [0.25, 0.3) is 0 Å². The van der Waals surface area contributed by atoms with Crippen LogP contribution >= 0.6 is 0 Å².